The average Bonchev–Trinajstić information content (AvgIpc) is 2.96. The van der Waals surface area contributed by atoms with Crippen molar-refractivity contribution in [1.29, 1.82) is 0 Å². The summed E-state index contributed by atoms with van der Waals surface area (Å²) in [7, 11) is 0. The van der Waals surface area contributed by atoms with Crippen LogP contribution >= 0.6 is 11.3 Å². The zero-order chi connectivity index (χ0) is 11.8. The highest BCUT2D eigenvalue weighted by Gasteiger charge is 2.30. The van der Waals surface area contributed by atoms with Gasteiger partial charge >= 0.3 is 5.97 Å². The molecule has 1 aliphatic carbocycles. The average molecular weight is 245 g/mol. The first kappa shape index (κ1) is 10.5. The van der Waals surface area contributed by atoms with Crippen molar-refractivity contribution in [3.05, 3.63) is 51.5 Å². The van der Waals surface area contributed by atoms with E-state index in [9.17, 15) is 9.90 Å². The Morgan fingerprint density at radius 2 is 2.35 bits per heavy atom. The molecular formula is C13H11NO2S. The summed E-state index contributed by atoms with van der Waals surface area (Å²) >= 11 is 1.60. The minimum absolute atomic E-state index is 0.164. The van der Waals surface area contributed by atoms with Crippen LogP contribution in [0.2, 0.25) is 0 Å². The standard InChI is InChI=1S/C13H11NO2S/c15-13(16)10-3-1-2-8-4-5-9(11(8)10)12-14-6-7-17-12/h1-3,6-7,9H,4-5H2,(H,15,16). The first-order chi connectivity index (χ1) is 8.27. The van der Waals surface area contributed by atoms with Crippen molar-refractivity contribution in [2.45, 2.75) is 18.8 Å². The fourth-order valence-electron chi connectivity index (χ4n) is 2.53. The molecule has 1 unspecified atom stereocenters. The lowest BCUT2D eigenvalue weighted by Crippen LogP contribution is -2.06. The maximum Gasteiger partial charge on any atom is 0.335 e. The van der Waals surface area contributed by atoms with Crippen LogP contribution in [0.3, 0.4) is 0 Å². The Bertz CT molecular complexity index is 563. The van der Waals surface area contributed by atoms with Gasteiger partial charge in [-0.2, -0.15) is 0 Å². The third-order valence-corrected chi connectivity index (χ3v) is 4.12. The molecule has 0 aliphatic heterocycles. The molecule has 0 radical (unpaired) electrons. The Labute approximate surface area is 103 Å². The predicted molar refractivity (Wildman–Crippen MR) is 65.7 cm³/mol. The summed E-state index contributed by atoms with van der Waals surface area (Å²) in [4.78, 5) is 15.6. The third kappa shape index (κ3) is 1.65. The zero-order valence-electron chi connectivity index (χ0n) is 9.09. The number of carboxylic acid groups (broad SMARTS) is 1. The fourth-order valence-corrected chi connectivity index (χ4v) is 3.31. The molecule has 0 saturated carbocycles. The number of benzene rings is 1. The number of aryl methyl sites for hydroxylation is 1. The summed E-state index contributed by atoms with van der Waals surface area (Å²) in [5.41, 5.74) is 2.56. The minimum atomic E-state index is -0.842. The molecule has 1 atom stereocenters. The Morgan fingerprint density at radius 1 is 1.47 bits per heavy atom. The van der Waals surface area contributed by atoms with E-state index >= 15 is 0 Å². The van der Waals surface area contributed by atoms with Crippen LogP contribution in [0.4, 0.5) is 0 Å². The van der Waals surface area contributed by atoms with Crippen molar-refractivity contribution in [2.24, 2.45) is 0 Å². The van der Waals surface area contributed by atoms with Crippen molar-refractivity contribution in [3.63, 3.8) is 0 Å². The number of thiazole rings is 1. The number of carboxylic acids is 1. The third-order valence-electron chi connectivity index (χ3n) is 3.23. The van der Waals surface area contributed by atoms with Crippen molar-refractivity contribution in [1.82, 2.24) is 4.98 Å². The summed E-state index contributed by atoms with van der Waals surface area (Å²) in [5.74, 6) is -0.678. The van der Waals surface area contributed by atoms with Crippen LogP contribution in [0.15, 0.2) is 29.8 Å². The molecule has 3 rings (SSSR count). The van der Waals surface area contributed by atoms with E-state index in [0.717, 1.165) is 29.0 Å². The zero-order valence-corrected chi connectivity index (χ0v) is 9.91. The summed E-state index contributed by atoms with van der Waals surface area (Å²) < 4.78 is 0. The lowest BCUT2D eigenvalue weighted by Gasteiger charge is -2.11. The number of aromatic carboxylic acids is 1. The van der Waals surface area contributed by atoms with Crippen LogP contribution in [0.25, 0.3) is 0 Å². The summed E-state index contributed by atoms with van der Waals surface area (Å²) in [6.45, 7) is 0. The van der Waals surface area contributed by atoms with Gasteiger partial charge in [-0.15, -0.1) is 11.3 Å². The second-order valence-corrected chi connectivity index (χ2v) is 5.07. The predicted octanol–water partition coefficient (Wildman–Crippen LogP) is 2.92. The van der Waals surface area contributed by atoms with Crippen molar-refractivity contribution in [2.75, 3.05) is 0 Å². The van der Waals surface area contributed by atoms with Gasteiger partial charge in [-0.05, 0) is 30.0 Å². The normalized spacial score (nSPS) is 18.0. The lowest BCUT2D eigenvalue weighted by atomic mass is 9.96. The van der Waals surface area contributed by atoms with Crippen molar-refractivity contribution < 1.29 is 9.90 Å². The number of hydrogen-bond acceptors (Lipinski definition) is 3. The van der Waals surface area contributed by atoms with Gasteiger partial charge in [0.15, 0.2) is 0 Å². The monoisotopic (exact) mass is 245 g/mol. The molecule has 86 valence electrons. The number of fused-ring (bicyclic) bond motifs is 1. The van der Waals surface area contributed by atoms with Gasteiger partial charge in [0, 0.05) is 17.5 Å². The van der Waals surface area contributed by atoms with Gasteiger partial charge < -0.3 is 5.11 Å². The Kier molecular flexibility index (Phi) is 2.44. The van der Waals surface area contributed by atoms with Crippen LogP contribution in [-0.2, 0) is 6.42 Å². The van der Waals surface area contributed by atoms with Crippen LogP contribution < -0.4 is 0 Å². The van der Waals surface area contributed by atoms with E-state index in [0.29, 0.717) is 5.56 Å². The SMILES string of the molecule is O=C(O)c1cccc2c1C(c1nccs1)CC2. The van der Waals surface area contributed by atoms with Gasteiger partial charge in [0.1, 0.15) is 0 Å². The fraction of sp³-hybridized carbons (Fsp3) is 0.231. The number of carbonyl (C=O) groups is 1. The number of nitrogens with zero attached hydrogens (tertiary/aromatic N) is 1. The van der Waals surface area contributed by atoms with Crippen LogP contribution in [0.5, 0.6) is 0 Å². The lowest BCUT2D eigenvalue weighted by molar-refractivity contribution is 0.0695. The van der Waals surface area contributed by atoms with E-state index in [2.05, 4.69) is 4.98 Å². The Hall–Kier alpha value is -1.68. The molecule has 1 aromatic heterocycles. The van der Waals surface area contributed by atoms with Gasteiger partial charge in [0.2, 0.25) is 0 Å². The summed E-state index contributed by atoms with van der Waals surface area (Å²) in [5, 5.41) is 12.2. The summed E-state index contributed by atoms with van der Waals surface area (Å²) in [6.07, 6.45) is 3.69. The number of hydrogen-bond donors (Lipinski definition) is 1. The molecule has 1 aromatic carbocycles. The smallest absolute Gasteiger partial charge is 0.335 e. The van der Waals surface area contributed by atoms with Gasteiger partial charge in [-0.1, -0.05) is 12.1 Å². The number of rotatable bonds is 2. The maximum atomic E-state index is 11.3. The molecule has 2 aromatic rings. The largest absolute Gasteiger partial charge is 0.478 e. The van der Waals surface area contributed by atoms with Gasteiger partial charge in [0.25, 0.3) is 0 Å². The minimum Gasteiger partial charge on any atom is -0.478 e. The molecule has 1 heterocycles. The van der Waals surface area contributed by atoms with Crippen LogP contribution in [0.1, 0.15) is 38.8 Å². The molecule has 0 amide bonds. The molecule has 0 saturated heterocycles. The van der Waals surface area contributed by atoms with Crippen LogP contribution in [-0.4, -0.2) is 16.1 Å². The topological polar surface area (TPSA) is 50.2 Å². The molecule has 1 aliphatic rings. The molecule has 4 heteroatoms. The molecule has 0 spiro atoms. The molecule has 3 nitrogen and oxygen atoms in total. The number of aromatic nitrogens is 1. The second kappa shape index (κ2) is 3.96. The van der Waals surface area contributed by atoms with E-state index in [1.165, 1.54) is 0 Å². The Morgan fingerprint density at radius 3 is 3.06 bits per heavy atom. The maximum absolute atomic E-state index is 11.3. The van der Waals surface area contributed by atoms with Crippen molar-refractivity contribution >= 4 is 17.3 Å². The van der Waals surface area contributed by atoms with Crippen molar-refractivity contribution in [3.8, 4) is 0 Å². The van der Waals surface area contributed by atoms with E-state index in [1.807, 2.05) is 17.5 Å². The Balaban J connectivity index is 2.15. The molecule has 17 heavy (non-hydrogen) atoms. The highest BCUT2D eigenvalue weighted by molar-refractivity contribution is 7.09. The molecule has 0 bridgehead atoms. The van der Waals surface area contributed by atoms with E-state index in [4.69, 9.17) is 0 Å². The van der Waals surface area contributed by atoms with E-state index in [-0.39, 0.29) is 5.92 Å². The molecular weight excluding hydrogens is 234 g/mol. The molecule has 0 fully saturated rings. The summed E-state index contributed by atoms with van der Waals surface area (Å²) in [6, 6.07) is 5.54. The van der Waals surface area contributed by atoms with Gasteiger partial charge in [0.05, 0.1) is 10.6 Å². The first-order valence-corrected chi connectivity index (χ1v) is 6.40. The quantitative estimate of drug-likeness (QED) is 0.885. The van der Waals surface area contributed by atoms with Gasteiger partial charge in [-0.3, -0.25) is 0 Å². The van der Waals surface area contributed by atoms with Crippen LogP contribution in [0, 0.1) is 0 Å². The van der Waals surface area contributed by atoms with E-state index in [1.54, 1.807) is 23.6 Å². The highest BCUT2D eigenvalue weighted by atomic mass is 32.1. The molecule has 1 N–H and O–H groups in total. The highest BCUT2D eigenvalue weighted by Crippen LogP contribution is 2.40. The van der Waals surface area contributed by atoms with E-state index < -0.39 is 5.97 Å². The second-order valence-electron chi connectivity index (χ2n) is 4.15. The van der Waals surface area contributed by atoms with Gasteiger partial charge in [-0.25, -0.2) is 9.78 Å². The first-order valence-electron chi connectivity index (χ1n) is 5.52.